The molecule has 0 aliphatic heterocycles. The van der Waals surface area contributed by atoms with Crippen molar-refractivity contribution in [3.8, 4) is 6.07 Å². The number of aryl methyl sites for hydroxylation is 1. The molecule has 0 heterocycles. The molecule has 0 amide bonds. The van der Waals surface area contributed by atoms with Crippen molar-refractivity contribution in [1.29, 1.82) is 5.26 Å². The Hall–Kier alpha value is -2.41. The van der Waals surface area contributed by atoms with Gasteiger partial charge in [0.2, 0.25) is 0 Å². The molecule has 2 nitrogen and oxygen atoms in total. The maximum Gasteiger partial charge on any atom is 0.132 e. The summed E-state index contributed by atoms with van der Waals surface area (Å²) >= 11 is 0. The minimum atomic E-state index is -0.711. The number of nitrogens with one attached hydrogen (secondary N) is 1. The first-order valence-electron chi connectivity index (χ1n) is 5.79. The molecule has 4 heteroatoms. The Kier molecular flexibility index (Phi) is 3.76. The van der Waals surface area contributed by atoms with Gasteiger partial charge in [-0.05, 0) is 30.7 Å². The van der Waals surface area contributed by atoms with E-state index in [4.69, 9.17) is 5.26 Å². The highest BCUT2D eigenvalue weighted by molar-refractivity contribution is 5.50. The van der Waals surface area contributed by atoms with Gasteiger partial charge < -0.3 is 5.32 Å². The quantitative estimate of drug-likeness (QED) is 0.909. The van der Waals surface area contributed by atoms with Crippen LogP contribution in [0.15, 0.2) is 36.4 Å². The molecule has 19 heavy (non-hydrogen) atoms. The van der Waals surface area contributed by atoms with Crippen LogP contribution in [0.5, 0.6) is 0 Å². The third-order valence-corrected chi connectivity index (χ3v) is 2.87. The number of benzene rings is 2. The molecule has 96 valence electrons. The van der Waals surface area contributed by atoms with E-state index in [-0.39, 0.29) is 17.7 Å². The molecule has 0 saturated heterocycles. The number of halogens is 2. The molecule has 0 fully saturated rings. The molecular formula is C15H12F2N2. The van der Waals surface area contributed by atoms with Crippen LogP contribution in [-0.2, 0) is 6.54 Å². The zero-order chi connectivity index (χ0) is 13.8. The summed E-state index contributed by atoms with van der Waals surface area (Å²) in [7, 11) is 0. The van der Waals surface area contributed by atoms with Crippen molar-refractivity contribution in [1.82, 2.24) is 0 Å². The van der Waals surface area contributed by atoms with Gasteiger partial charge in [-0.25, -0.2) is 8.78 Å². The van der Waals surface area contributed by atoms with Crippen LogP contribution in [0.2, 0.25) is 0 Å². The normalized spacial score (nSPS) is 10.0. The van der Waals surface area contributed by atoms with Crippen LogP contribution < -0.4 is 5.32 Å². The molecule has 0 bridgehead atoms. The SMILES string of the molecule is Cc1ccccc1NCc1c(F)cc(C#N)cc1F. The summed E-state index contributed by atoms with van der Waals surface area (Å²) in [5, 5.41) is 11.6. The Balaban J connectivity index is 2.21. The fraction of sp³-hybridized carbons (Fsp3) is 0.133. The second-order valence-electron chi connectivity index (χ2n) is 4.20. The molecule has 2 aromatic rings. The smallest absolute Gasteiger partial charge is 0.132 e. The molecule has 1 N–H and O–H groups in total. The number of nitrogens with zero attached hydrogens (tertiary/aromatic N) is 1. The summed E-state index contributed by atoms with van der Waals surface area (Å²) in [6.07, 6.45) is 0. The summed E-state index contributed by atoms with van der Waals surface area (Å²) in [6, 6.07) is 11.3. The number of nitriles is 1. The molecule has 0 spiro atoms. The highest BCUT2D eigenvalue weighted by Crippen LogP contribution is 2.19. The predicted molar refractivity (Wildman–Crippen MR) is 69.6 cm³/mol. The molecule has 0 saturated carbocycles. The van der Waals surface area contributed by atoms with E-state index in [1.807, 2.05) is 31.2 Å². The molecule has 2 aromatic carbocycles. The highest BCUT2D eigenvalue weighted by atomic mass is 19.1. The Morgan fingerprint density at radius 2 is 1.79 bits per heavy atom. The first kappa shape index (κ1) is 13.0. The van der Waals surface area contributed by atoms with Gasteiger partial charge in [-0.1, -0.05) is 18.2 Å². The van der Waals surface area contributed by atoms with Crippen LogP contribution in [0.4, 0.5) is 14.5 Å². The van der Waals surface area contributed by atoms with Crippen molar-refractivity contribution >= 4 is 5.69 Å². The topological polar surface area (TPSA) is 35.8 Å². The van der Waals surface area contributed by atoms with Crippen LogP contribution in [0, 0.1) is 29.9 Å². The Morgan fingerprint density at radius 3 is 2.37 bits per heavy atom. The molecule has 2 rings (SSSR count). The minimum Gasteiger partial charge on any atom is -0.381 e. The lowest BCUT2D eigenvalue weighted by Gasteiger charge is -2.11. The van der Waals surface area contributed by atoms with E-state index in [1.54, 1.807) is 6.07 Å². The van der Waals surface area contributed by atoms with Crippen molar-refractivity contribution in [2.45, 2.75) is 13.5 Å². The average Bonchev–Trinajstić information content (AvgIpc) is 2.39. The van der Waals surface area contributed by atoms with E-state index >= 15 is 0 Å². The van der Waals surface area contributed by atoms with Crippen molar-refractivity contribution in [2.75, 3.05) is 5.32 Å². The fourth-order valence-corrected chi connectivity index (χ4v) is 1.79. The summed E-state index contributed by atoms with van der Waals surface area (Å²) in [5.74, 6) is -1.42. The van der Waals surface area contributed by atoms with Gasteiger partial charge >= 0.3 is 0 Å². The standard InChI is InChI=1S/C15H12F2N2/c1-10-4-2-3-5-15(10)19-9-12-13(16)6-11(8-18)7-14(12)17/h2-7,19H,9H2,1H3. The lowest BCUT2D eigenvalue weighted by atomic mass is 10.1. The number of anilines is 1. The van der Waals surface area contributed by atoms with Crippen molar-refractivity contribution < 1.29 is 8.78 Å². The monoisotopic (exact) mass is 258 g/mol. The van der Waals surface area contributed by atoms with Gasteiger partial charge in [0.05, 0.1) is 11.6 Å². The van der Waals surface area contributed by atoms with Gasteiger partial charge in [0.25, 0.3) is 0 Å². The number of rotatable bonds is 3. The summed E-state index contributed by atoms with van der Waals surface area (Å²) < 4.78 is 27.3. The molecule has 0 unspecified atom stereocenters. The van der Waals surface area contributed by atoms with Gasteiger partial charge in [-0.15, -0.1) is 0 Å². The maximum atomic E-state index is 13.7. The van der Waals surface area contributed by atoms with Gasteiger partial charge in [0.1, 0.15) is 11.6 Å². The van der Waals surface area contributed by atoms with E-state index < -0.39 is 11.6 Å². The summed E-state index contributed by atoms with van der Waals surface area (Å²) in [5.41, 5.74) is 1.74. The van der Waals surface area contributed by atoms with E-state index in [9.17, 15) is 8.78 Å². The van der Waals surface area contributed by atoms with Crippen LogP contribution >= 0.6 is 0 Å². The van der Waals surface area contributed by atoms with Crippen molar-refractivity contribution in [3.63, 3.8) is 0 Å². The van der Waals surface area contributed by atoms with Crippen LogP contribution in [0.3, 0.4) is 0 Å². The maximum absolute atomic E-state index is 13.7. The molecule has 0 atom stereocenters. The van der Waals surface area contributed by atoms with Crippen LogP contribution in [0.25, 0.3) is 0 Å². The fourth-order valence-electron chi connectivity index (χ4n) is 1.79. The molecule has 0 aliphatic carbocycles. The Bertz CT molecular complexity index is 622. The number of para-hydroxylation sites is 1. The van der Waals surface area contributed by atoms with E-state index in [1.165, 1.54) is 0 Å². The highest BCUT2D eigenvalue weighted by Gasteiger charge is 2.11. The molecule has 0 radical (unpaired) electrons. The first-order chi connectivity index (χ1) is 9.11. The van der Waals surface area contributed by atoms with Gasteiger partial charge in [-0.2, -0.15) is 5.26 Å². The first-order valence-corrected chi connectivity index (χ1v) is 5.79. The van der Waals surface area contributed by atoms with Gasteiger partial charge in [0, 0.05) is 17.8 Å². The average molecular weight is 258 g/mol. The Labute approximate surface area is 110 Å². The van der Waals surface area contributed by atoms with Crippen molar-refractivity contribution in [3.05, 3.63) is 64.7 Å². The zero-order valence-corrected chi connectivity index (χ0v) is 10.4. The minimum absolute atomic E-state index is 0.0189. The second kappa shape index (κ2) is 5.49. The summed E-state index contributed by atoms with van der Waals surface area (Å²) in [6.45, 7) is 1.95. The number of hydrogen-bond donors (Lipinski definition) is 1. The van der Waals surface area contributed by atoms with Crippen LogP contribution in [0.1, 0.15) is 16.7 Å². The van der Waals surface area contributed by atoms with Crippen LogP contribution in [-0.4, -0.2) is 0 Å². The summed E-state index contributed by atoms with van der Waals surface area (Å²) in [4.78, 5) is 0. The predicted octanol–water partition coefficient (Wildman–Crippen LogP) is 3.76. The van der Waals surface area contributed by atoms with Crippen molar-refractivity contribution in [2.24, 2.45) is 0 Å². The third-order valence-electron chi connectivity index (χ3n) is 2.87. The molecule has 0 aromatic heterocycles. The van der Waals surface area contributed by atoms with E-state index in [2.05, 4.69) is 5.32 Å². The van der Waals surface area contributed by atoms with E-state index in [0.717, 1.165) is 23.4 Å². The zero-order valence-electron chi connectivity index (χ0n) is 10.4. The number of hydrogen-bond acceptors (Lipinski definition) is 2. The molecule has 0 aliphatic rings. The van der Waals surface area contributed by atoms with Gasteiger partial charge in [0.15, 0.2) is 0 Å². The largest absolute Gasteiger partial charge is 0.381 e. The molecular weight excluding hydrogens is 246 g/mol. The Morgan fingerprint density at radius 1 is 1.16 bits per heavy atom. The lowest BCUT2D eigenvalue weighted by Crippen LogP contribution is -2.06. The second-order valence-corrected chi connectivity index (χ2v) is 4.20. The lowest BCUT2D eigenvalue weighted by molar-refractivity contribution is 0.559. The van der Waals surface area contributed by atoms with Gasteiger partial charge in [-0.3, -0.25) is 0 Å². The van der Waals surface area contributed by atoms with E-state index in [0.29, 0.717) is 0 Å². The third kappa shape index (κ3) is 2.89.